The number of amides is 4. The van der Waals surface area contributed by atoms with E-state index in [2.05, 4.69) is 59.3 Å². The van der Waals surface area contributed by atoms with Crippen LogP contribution in [0.15, 0.2) is 82.5 Å². The summed E-state index contributed by atoms with van der Waals surface area (Å²) in [6, 6.07) is 18.8. The molecule has 294 valence electrons. The van der Waals surface area contributed by atoms with Crippen LogP contribution in [0.2, 0.25) is 0 Å². The third-order valence-corrected chi connectivity index (χ3v) is 12.3. The number of methoxy groups -OCH3 is 1. The first-order chi connectivity index (χ1) is 27.8. The summed E-state index contributed by atoms with van der Waals surface area (Å²) in [4.78, 5) is 59.9. The molecule has 9 rings (SSSR count). The van der Waals surface area contributed by atoms with Crippen molar-refractivity contribution in [1.29, 1.82) is 0 Å². The molecule has 2 unspecified atom stereocenters. The van der Waals surface area contributed by atoms with Crippen molar-refractivity contribution in [3.63, 3.8) is 0 Å². The van der Waals surface area contributed by atoms with E-state index in [9.17, 15) is 19.2 Å². The molecule has 3 fully saturated rings. The number of piperidine rings is 1. The van der Waals surface area contributed by atoms with Gasteiger partial charge in [0.15, 0.2) is 11.4 Å². The first-order valence-electron chi connectivity index (χ1n) is 19.4. The maximum absolute atomic E-state index is 13.3. The Morgan fingerprint density at radius 1 is 0.912 bits per heavy atom. The van der Waals surface area contributed by atoms with Crippen molar-refractivity contribution in [3.05, 3.63) is 89.7 Å². The highest BCUT2D eigenvalue weighted by molar-refractivity contribution is 8.00. The van der Waals surface area contributed by atoms with Crippen molar-refractivity contribution < 1.29 is 28.4 Å². The third-order valence-electron chi connectivity index (χ3n) is 11.5. The molecular formula is C41H43N9O6S. The highest BCUT2D eigenvalue weighted by Crippen LogP contribution is 2.37. The molecule has 0 radical (unpaired) electrons. The van der Waals surface area contributed by atoms with Crippen LogP contribution in [0, 0.1) is 5.92 Å². The van der Waals surface area contributed by atoms with Gasteiger partial charge in [-0.2, -0.15) is 5.10 Å². The highest BCUT2D eigenvalue weighted by Gasteiger charge is 2.45. The molecule has 2 aromatic heterocycles. The second-order valence-corrected chi connectivity index (χ2v) is 15.9. The Balaban J connectivity index is 0.750. The van der Waals surface area contributed by atoms with Crippen LogP contribution in [-0.4, -0.2) is 107 Å². The van der Waals surface area contributed by atoms with Gasteiger partial charge in [0, 0.05) is 74.4 Å². The highest BCUT2D eigenvalue weighted by atomic mass is 32.2. The molecule has 0 spiro atoms. The van der Waals surface area contributed by atoms with Crippen molar-refractivity contribution in [2.24, 2.45) is 5.92 Å². The topological polar surface area (TPSA) is 158 Å². The average molecular weight is 790 g/mol. The summed E-state index contributed by atoms with van der Waals surface area (Å²) in [5.74, 6) is -0.104. The van der Waals surface area contributed by atoms with Crippen LogP contribution >= 0.6 is 11.9 Å². The van der Waals surface area contributed by atoms with E-state index >= 15 is 0 Å². The van der Waals surface area contributed by atoms with Gasteiger partial charge in [-0.15, -0.1) is 0 Å². The van der Waals surface area contributed by atoms with E-state index < -0.39 is 23.8 Å². The van der Waals surface area contributed by atoms with Gasteiger partial charge < -0.3 is 23.8 Å². The molecule has 57 heavy (non-hydrogen) atoms. The Morgan fingerprint density at radius 3 is 2.56 bits per heavy atom. The summed E-state index contributed by atoms with van der Waals surface area (Å²) in [6.45, 7) is 7.28. The summed E-state index contributed by atoms with van der Waals surface area (Å²) in [5, 5.41) is 11.7. The normalized spacial score (nSPS) is 20.1. The van der Waals surface area contributed by atoms with Crippen LogP contribution < -0.4 is 24.6 Å². The first kappa shape index (κ1) is 36.7. The number of fused-ring (bicyclic) bond motifs is 2. The standard InChI is InChI=1S/C41H43N9O6S/c1-55-34-20-27(25-49-13-3-12-42-49)21-35-37(34)38(44-56-35)45-57-30-5-2-4-28(22-30)47-18-16-46(17-19-47)14-10-26-11-15-48(24-26)29-6-7-31-32(23-29)41(54)50(40(31)53)33-8-9-36(51)43-39(33)52/h2-7,12-13,20-23,26,33H,8-11,14-19,24-25H2,1H3,(H,44,45)(H,43,51,52). The van der Waals surface area contributed by atoms with Gasteiger partial charge in [0.25, 0.3) is 11.8 Å². The molecule has 6 heterocycles. The number of carbonyl (C=O) groups is 4. The zero-order valence-corrected chi connectivity index (χ0v) is 32.4. The van der Waals surface area contributed by atoms with Gasteiger partial charge in [-0.05, 0) is 104 Å². The van der Waals surface area contributed by atoms with Crippen LogP contribution in [0.1, 0.15) is 52.0 Å². The van der Waals surface area contributed by atoms with E-state index in [0.717, 1.165) is 85.1 Å². The largest absolute Gasteiger partial charge is 0.496 e. The van der Waals surface area contributed by atoms with E-state index in [4.69, 9.17) is 9.26 Å². The van der Waals surface area contributed by atoms with E-state index in [-0.39, 0.29) is 18.7 Å². The zero-order chi connectivity index (χ0) is 39.0. The minimum Gasteiger partial charge on any atom is -0.496 e. The Kier molecular flexibility index (Phi) is 10.0. The second-order valence-electron chi connectivity index (χ2n) is 15.0. The Hall–Kier alpha value is -5.87. The lowest BCUT2D eigenvalue weighted by Crippen LogP contribution is -2.54. The van der Waals surface area contributed by atoms with Crippen molar-refractivity contribution >= 4 is 63.7 Å². The molecule has 3 aromatic carbocycles. The first-order valence-corrected chi connectivity index (χ1v) is 20.2. The summed E-state index contributed by atoms with van der Waals surface area (Å²) >= 11 is 1.49. The Morgan fingerprint density at radius 2 is 1.75 bits per heavy atom. The lowest BCUT2D eigenvalue weighted by Gasteiger charge is -2.36. The molecule has 2 atom stereocenters. The molecule has 16 heteroatoms. The molecular weight excluding hydrogens is 747 g/mol. The number of anilines is 3. The van der Waals surface area contributed by atoms with Crippen LogP contribution in [-0.2, 0) is 16.1 Å². The predicted molar refractivity (Wildman–Crippen MR) is 215 cm³/mol. The van der Waals surface area contributed by atoms with Crippen molar-refractivity contribution in [1.82, 2.24) is 30.1 Å². The number of aromatic nitrogens is 3. The van der Waals surface area contributed by atoms with Gasteiger partial charge in [-0.1, -0.05) is 11.2 Å². The number of hydrogen-bond donors (Lipinski definition) is 2. The number of piperazine rings is 1. The molecule has 2 N–H and O–H groups in total. The predicted octanol–water partition coefficient (Wildman–Crippen LogP) is 4.64. The molecule has 0 saturated carbocycles. The molecule has 3 saturated heterocycles. The maximum Gasteiger partial charge on any atom is 0.262 e. The lowest BCUT2D eigenvalue weighted by molar-refractivity contribution is -0.136. The third kappa shape index (κ3) is 7.42. The average Bonchev–Trinajstić information content (AvgIpc) is 4.05. The van der Waals surface area contributed by atoms with E-state index in [1.54, 1.807) is 25.4 Å². The number of rotatable bonds is 12. The van der Waals surface area contributed by atoms with Gasteiger partial charge in [0.1, 0.15) is 17.2 Å². The molecule has 0 bridgehead atoms. The van der Waals surface area contributed by atoms with Crippen molar-refractivity contribution in [3.8, 4) is 5.75 Å². The van der Waals surface area contributed by atoms with Crippen LogP contribution in [0.3, 0.4) is 0 Å². The monoisotopic (exact) mass is 789 g/mol. The zero-order valence-electron chi connectivity index (χ0n) is 31.6. The quantitative estimate of drug-likeness (QED) is 0.133. The number of nitrogens with zero attached hydrogens (tertiary/aromatic N) is 7. The molecule has 15 nitrogen and oxygen atoms in total. The number of imide groups is 2. The van der Waals surface area contributed by atoms with E-state index in [0.29, 0.717) is 40.7 Å². The number of ether oxygens (including phenoxy) is 1. The van der Waals surface area contributed by atoms with Gasteiger partial charge in [0.2, 0.25) is 11.8 Å². The van der Waals surface area contributed by atoms with E-state index in [1.165, 1.54) is 17.6 Å². The maximum atomic E-state index is 13.3. The number of benzene rings is 3. The van der Waals surface area contributed by atoms with Crippen LogP contribution in [0.25, 0.3) is 11.0 Å². The number of nitrogens with one attached hydrogen (secondary N) is 2. The Labute approximate surface area is 333 Å². The van der Waals surface area contributed by atoms with Crippen LogP contribution in [0.5, 0.6) is 5.75 Å². The van der Waals surface area contributed by atoms with Gasteiger partial charge in [0.05, 0.1) is 24.8 Å². The molecule has 5 aromatic rings. The number of hydrogen-bond acceptors (Lipinski definition) is 13. The molecule has 4 amide bonds. The van der Waals surface area contributed by atoms with Crippen molar-refractivity contribution in [2.75, 3.05) is 67.4 Å². The van der Waals surface area contributed by atoms with Crippen LogP contribution in [0.4, 0.5) is 17.2 Å². The summed E-state index contributed by atoms with van der Waals surface area (Å²) in [5.41, 5.74) is 4.39. The van der Waals surface area contributed by atoms with E-state index in [1.807, 2.05) is 35.1 Å². The SMILES string of the molecule is COc1cc(Cn2cccn2)cc2onc(NSc3cccc(N4CCN(CCC5CCN(c6ccc7c(c6)C(=O)N(C6CCC(=O)NC6=O)C7=O)C5)CC4)c3)c12. The summed E-state index contributed by atoms with van der Waals surface area (Å²) in [6.07, 6.45) is 6.07. The minimum absolute atomic E-state index is 0.0999. The van der Waals surface area contributed by atoms with Gasteiger partial charge in [-0.25, -0.2) is 0 Å². The molecule has 0 aliphatic carbocycles. The van der Waals surface area contributed by atoms with Gasteiger partial charge >= 0.3 is 0 Å². The fraction of sp³-hybridized carbons (Fsp3) is 0.366. The number of carbonyl (C=O) groups excluding carboxylic acids is 4. The van der Waals surface area contributed by atoms with Gasteiger partial charge in [-0.3, -0.25) is 39.0 Å². The van der Waals surface area contributed by atoms with Crippen molar-refractivity contribution in [2.45, 2.75) is 43.2 Å². The minimum atomic E-state index is -0.963. The summed E-state index contributed by atoms with van der Waals surface area (Å²) < 4.78 is 16.7. The summed E-state index contributed by atoms with van der Waals surface area (Å²) in [7, 11) is 1.65. The molecule has 4 aliphatic rings. The smallest absolute Gasteiger partial charge is 0.262 e. The fourth-order valence-corrected chi connectivity index (χ4v) is 9.08. The lowest BCUT2D eigenvalue weighted by atomic mass is 10.0. The molecule has 4 aliphatic heterocycles. The second kappa shape index (κ2) is 15.6. The Bertz CT molecular complexity index is 2340. The fourth-order valence-electron chi connectivity index (χ4n) is 8.40.